The maximum atomic E-state index is 12.9. The summed E-state index contributed by atoms with van der Waals surface area (Å²) in [6, 6.07) is 0.250. The van der Waals surface area contributed by atoms with Gasteiger partial charge in [0.15, 0.2) is 10.0 Å². The molecule has 0 aliphatic carbocycles. The lowest BCUT2D eigenvalue weighted by atomic mass is 10.1. The predicted molar refractivity (Wildman–Crippen MR) is 89.9 cm³/mol. The zero-order chi connectivity index (χ0) is 16.6. The highest BCUT2D eigenvalue weighted by atomic mass is 32.2. The van der Waals surface area contributed by atoms with E-state index in [1.807, 2.05) is 5.38 Å². The second kappa shape index (κ2) is 6.34. The number of ether oxygens (including phenoxy) is 1. The summed E-state index contributed by atoms with van der Waals surface area (Å²) in [7, 11) is -3.56. The van der Waals surface area contributed by atoms with Crippen molar-refractivity contribution >= 4 is 26.5 Å². The van der Waals surface area contributed by atoms with Gasteiger partial charge in [-0.05, 0) is 12.8 Å². The van der Waals surface area contributed by atoms with Gasteiger partial charge in [-0.2, -0.15) is 9.40 Å². The number of hydrogen-bond acceptors (Lipinski definition) is 7. The van der Waals surface area contributed by atoms with Crippen molar-refractivity contribution in [2.24, 2.45) is 0 Å². The summed E-state index contributed by atoms with van der Waals surface area (Å²) >= 11 is 1.55. The molecule has 1 fully saturated rings. The van der Waals surface area contributed by atoms with Crippen molar-refractivity contribution in [3.8, 4) is 5.88 Å². The zero-order valence-electron chi connectivity index (χ0n) is 13.1. The summed E-state index contributed by atoms with van der Waals surface area (Å²) in [5, 5.41) is 10.3. The van der Waals surface area contributed by atoms with Crippen LogP contribution in [0.1, 0.15) is 19.3 Å². The molecule has 0 amide bonds. The third-order valence-electron chi connectivity index (χ3n) is 4.34. The van der Waals surface area contributed by atoms with Gasteiger partial charge in [-0.3, -0.25) is 0 Å². The molecule has 0 saturated carbocycles. The number of rotatable bonds is 4. The fourth-order valence-corrected chi connectivity index (χ4v) is 5.21. The van der Waals surface area contributed by atoms with Gasteiger partial charge >= 0.3 is 0 Å². The van der Waals surface area contributed by atoms with Gasteiger partial charge < -0.3 is 10.1 Å². The average molecular weight is 369 g/mol. The van der Waals surface area contributed by atoms with Gasteiger partial charge in [-0.25, -0.2) is 18.1 Å². The molecular weight excluding hydrogens is 350 g/mol. The Morgan fingerprint density at radius 1 is 1.29 bits per heavy atom. The first-order chi connectivity index (χ1) is 11.6. The van der Waals surface area contributed by atoms with E-state index in [0.717, 1.165) is 24.4 Å². The Morgan fingerprint density at radius 2 is 2.12 bits per heavy atom. The molecule has 2 aromatic heterocycles. The Balaban J connectivity index is 1.45. The highest BCUT2D eigenvalue weighted by molar-refractivity contribution is 7.89. The fourth-order valence-electron chi connectivity index (χ4n) is 3.07. The topological polar surface area (TPSA) is 89.3 Å². The van der Waals surface area contributed by atoms with E-state index in [4.69, 9.17) is 4.74 Å². The lowest BCUT2D eigenvalue weighted by Gasteiger charge is -2.31. The quantitative estimate of drug-likeness (QED) is 0.876. The summed E-state index contributed by atoms with van der Waals surface area (Å²) in [6.07, 6.45) is 5.53. The molecular formula is C14H19N5O3S2. The standard InChI is InChI=1S/C14H19N5O3S2/c20-24(21,12-10-16-19-5-1-8-22-13(12)19)18-6-2-11(3-7-18)17-14-15-4-9-23-14/h4,9-11H,1-3,5-8H2,(H,15,17). The smallest absolute Gasteiger partial charge is 0.250 e. The van der Waals surface area contributed by atoms with Crippen LogP contribution in [0.15, 0.2) is 22.7 Å². The number of aryl methyl sites for hydroxylation is 1. The number of aromatic nitrogens is 3. The minimum absolute atomic E-state index is 0.188. The molecule has 2 aliphatic rings. The van der Waals surface area contributed by atoms with Crippen LogP contribution in [0, 0.1) is 0 Å². The molecule has 2 aliphatic heterocycles. The fraction of sp³-hybridized carbons (Fsp3) is 0.571. The molecule has 0 aromatic carbocycles. The van der Waals surface area contributed by atoms with Crippen LogP contribution < -0.4 is 10.1 Å². The summed E-state index contributed by atoms with van der Waals surface area (Å²) in [5.41, 5.74) is 0. The molecule has 24 heavy (non-hydrogen) atoms. The van der Waals surface area contributed by atoms with Crippen molar-refractivity contribution < 1.29 is 13.2 Å². The number of piperidine rings is 1. The second-order valence-corrected chi connectivity index (χ2v) is 8.70. The summed E-state index contributed by atoms with van der Waals surface area (Å²) in [4.78, 5) is 4.40. The van der Waals surface area contributed by atoms with Gasteiger partial charge in [0.2, 0.25) is 15.9 Å². The van der Waals surface area contributed by atoms with E-state index in [2.05, 4.69) is 15.4 Å². The van der Waals surface area contributed by atoms with Crippen LogP contribution in [0.3, 0.4) is 0 Å². The number of thiazole rings is 1. The Kier molecular flexibility index (Phi) is 4.19. The molecule has 10 heteroatoms. The van der Waals surface area contributed by atoms with Crippen molar-refractivity contribution in [3.05, 3.63) is 17.8 Å². The van der Waals surface area contributed by atoms with Crippen molar-refractivity contribution in [1.29, 1.82) is 0 Å². The van der Waals surface area contributed by atoms with Crippen LogP contribution in [0.25, 0.3) is 0 Å². The van der Waals surface area contributed by atoms with E-state index in [1.54, 1.807) is 22.2 Å². The number of fused-ring (bicyclic) bond motifs is 1. The van der Waals surface area contributed by atoms with Crippen LogP contribution in [-0.4, -0.2) is 53.2 Å². The molecule has 0 atom stereocenters. The number of anilines is 1. The van der Waals surface area contributed by atoms with Crippen molar-refractivity contribution in [1.82, 2.24) is 19.1 Å². The highest BCUT2D eigenvalue weighted by Gasteiger charge is 2.34. The minimum Gasteiger partial charge on any atom is -0.477 e. The van der Waals surface area contributed by atoms with Gasteiger partial charge in [-0.1, -0.05) is 0 Å². The predicted octanol–water partition coefficient (Wildman–Crippen LogP) is 1.39. The van der Waals surface area contributed by atoms with Gasteiger partial charge in [0.25, 0.3) is 0 Å². The largest absolute Gasteiger partial charge is 0.477 e. The molecule has 4 heterocycles. The maximum Gasteiger partial charge on any atom is 0.250 e. The monoisotopic (exact) mass is 369 g/mol. The lowest BCUT2D eigenvalue weighted by Crippen LogP contribution is -2.42. The highest BCUT2D eigenvalue weighted by Crippen LogP contribution is 2.31. The molecule has 8 nitrogen and oxygen atoms in total. The number of nitrogens with zero attached hydrogens (tertiary/aromatic N) is 4. The normalized spacial score (nSPS) is 19.7. The van der Waals surface area contributed by atoms with Gasteiger partial charge in [0.1, 0.15) is 0 Å². The Labute approximate surface area is 144 Å². The third kappa shape index (κ3) is 2.89. The van der Waals surface area contributed by atoms with Crippen LogP contribution >= 0.6 is 11.3 Å². The Morgan fingerprint density at radius 3 is 2.88 bits per heavy atom. The van der Waals surface area contributed by atoms with E-state index in [0.29, 0.717) is 32.1 Å². The van der Waals surface area contributed by atoms with E-state index in [9.17, 15) is 8.42 Å². The summed E-state index contributed by atoms with van der Waals surface area (Å²) < 4.78 is 34.5. The first kappa shape index (κ1) is 15.9. The van der Waals surface area contributed by atoms with Gasteiger partial charge in [0.05, 0.1) is 12.8 Å². The number of nitrogens with one attached hydrogen (secondary N) is 1. The van der Waals surface area contributed by atoms with Gasteiger partial charge in [0, 0.05) is 43.7 Å². The first-order valence-electron chi connectivity index (χ1n) is 7.99. The van der Waals surface area contributed by atoms with E-state index < -0.39 is 10.0 Å². The van der Waals surface area contributed by atoms with Gasteiger partial charge in [-0.15, -0.1) is 11.3 Å². The minimum atomic E-state index is -3.56. The maximum absolute atomic E-state index is 12.9. The van der Waals surface area contributed by atoms with Crippen LogP contribution in [0.5, 0.6) is 5.88 Å². The zero-order valence-corrected chi connectivity index (χ0v) is 14.7. The summed E-state index contributed by atoms with van der Waals surface area (Å²) in [5.74, 6) is 0.379. The van der Waals surface area contributed by atoms with Crippen molar-refractivity contribution in [2.45, 2.75) is 36.7 Å². The van der Waals surface area contributed by atoms with Crippen LogP contribution in [0.2, 0.25) is 0 Å². The molecule has 1 N–H and O–H groups in total. The molecule has 0 bridgehead atoms. The Hall–Kier alpha value is -1.65. The van der Waals surface area contributed by atoms with Crippen LogP contribution in [-0.2, 0) is 16.6 Å². The Bertz CT molecular complexity index is 794. The molecule has 0 radical (unpaired) electrons. The van der Waals surface area contributed by atoms with Crippen molar-refractivity contribution in [2.75, 3.05) is 25.0 Å². The number of hydrogen-bond donors (Lipinski definition) is 1. The van der Waals surface area contributed by atoms with E-state index in [-0.39, 0.29) is 10.9 Å². The second-order valence-electron chi connectivity index (χ2n) is 5.90. The average Bonchev–Trinajstić information content (AvgIpc) is 3.24. The molecule has 0 unspecified atom stereocenters. The summed E-state index contributed by atoms with van der Waals surface area (Å²) in [6.45, 7) is 2.20. The van der Waals surface area contributed by atoms with Crippen molar-refractivity contribution in [3.63, 3.8) is 0 Å². The van der Waals surface area contributed by atoms with Crippen LogP contribution in [0.4, 0.5) is 5.13 Å². The lowest BCUT2D eigenvalue weighted by molar-refractivity contribution is 0.223. The third-order valence-corrected chi connectivity index (χ3v) is 6.93. The molecule has 130 valence electrons. The molecule has 4 rings (SSSR count). The SMILES string of the molecule is O=S(=O)(c1cnn2c1OCCC2)N1CCC(Nc2nccs2)CC1. The van der Waals surface area contributed by atoms with E-state index in [1.165, 1.54) is 10.5 Å². The molecule has 2 aromatic rings. The van der Waals surface area contributed by atoms with E-state index >= 15 is 0 Å². The first-order valence-corrected chi connectivity index (χ1v) is 10.3. The molecule has 0 spiro atoms. The molecule has 1 saturated heterocycles. The number of sulfonamides is 1.